The number of amides is 3. The van der Waals surface area contributed by atoms with Gasteiger partial charge in [-0.05, 0) is 81.9 Å². The van der Waals surface area contributed by atoms with Gasteiger partial charge in [0, 0.05) is 6.54 Å². The summed E-state index contributed by atoms with van der Waals surface area (Å²) in [6.45, 7) is 9.36. The lowest BCUT2D eigenvalue weighted by Gasteiger charge is -2.34. The van der Waals surface area contributed by atoms with Crippen molar-refractivity contribution < 1.29 is 24.2 Å². The number of para-hydroxylation sites is 1. The Morgan fingerprint density at radius 2 is 1.79 bits per heavy atom. The van der Waals surface area contributed by atoms with Crippen molar-refractivity contribution >= 4 is 47.0 Å². The van der Waals surface area contributed by atoms with Crippen LogP contribution >= 0.6 is 23.4 Å². The van der Waals surface area contributed by atoms with E-state index in [-0.39, 0.29) is 12.3 Å². The van der Waals surface area contributed by atoms with Gasteiger partial charge in [-0.1, -0.05) is 49.2 Å². The van der Waals surface area contributed by atoms with Crippen LogP contribution in [0.1, 0.15) is 64.1 Å². The van der Waals surface area contributed by atoms with E-state index in [4.69, 9.17) is 16.3 Å². The zero-order valence-corrected chi connectivity index (χ0v) is 25.1. The lowest BCUT2D eigenvalue weighted by molar-refractivity contribution is -0.141. The molecule has 3 amide bonds. The van der Waals surface area contributed by atoms with Crippen LogP contribution in [0.5, 0.6) is 5.75 Å². The quantitative estimate of drug-likeness (QED) is 0.273. The maximum atomic E-state index is 14.1. The summed E-state index contributed by atoms with van der Waals surface area (Å²) in [6, 6.07) is 9.54. The van der Waals surface area contributed by atoms with Crippen LogP contribution in [0.3, 0.4) is 0 Å². The first-order chi connectivity index (χ1) is 18.4. The molecule has 0 aliphatic rings. The number of halogens is 1. The summed E-state index contributed by atoms with van der Waals surface area (Å²) >= 11 is 7.95. The molecule has 2 rings (SSSR count). The monoisotopic (exact) mass is 577 g/mol. The normalized spacial score (nSPS) is 12.8. The van der Waals surface area contributed by atoms with Gasteiger partial charge in [0.25, 0.3) is 5.91 Å². The minimum absolute atomic E-state index is 0.0377. The van der Waals surface area contributed by atoms with E-state index in [2.05, 4.69) is 10.6 Å². The number of nitrogens with one attached hydrogen (secondary N) is 2. The number of benzene rings is 2. The summed E-state index contributed by atoms with van der Waals surface area (Å²) in [5.41, 5.74) is 1.01. The number of phenols is 1. The summed E-state index contributed by atoms with van der Waals surface area (Å²) in [7, 11) is 0. The van der Waals surface area contributed by atoms with Gasteiger partial charge in [-0.3, -0.25) is 9.59 Å². The SMILES string of the molecule is CCCCN(C(=O)C(CCSC)NC(=O)OC(C)(C)C)C(C(=O)Nc1c(C)cccc1Cl)c1ccc(O)cc1. The zero-order valence-electron chi connectivity index (χ0n) is 23.5. The number of unbranched alkanes of at least 4 members (excludes halogenated alkanes) is 1. The van der Waals surface area contributed by atoms with Crippen LogP contribution in [-0.2, 0) is 14.3 Å². The second-order valence-electron chi connectivity index (χ2n) is 10.3. The molecule has 0 bridgehead atoms. The van der Waals surface area contributed by atoms with Crippen molar-refractivity contribution in [3.63, 3.8) is 0 Å². The van der Waals surface area contributed by atoms with Crippen molar-refractivity contribution in [2.45, 2.75) is 71.6 Å². The van der Waals surface area contributed by atoms with Crippen LogP contribution in [0.15, 0.2) is 42.5 Å². The molecule has 39 heavy (non-hydrogen) atoms. The summed E-state index contributed by atoms with van der Waals surface area (Å²) in [6.07, 6.45) is 3.00. The molecule has 0 aromatic heterocycles. The molecule has 0 saturated heterocycles. The number of aromatic hydroxyl groups is 1. The number of carbonyl (C=O) groups excluding carboxylic acids is 3. The minimum Gasteiger partial charge on any atom is -0.508 e. The largest absolute Gasteiger partial charge is 0.508 e. The number of hydrogen-bond donors (Lipinski definition) is 3. The summed E-state index contributed by atoms with van der Waals surface area (Å²) in [5, 5.41) is 15.9. The second kappa shape index (κ2) is 15.0. The Hall–Kier alpha value is -2.91. The smallest absolute Gasteiger partial charge is 0.408 e. The topological polar surface area (TPSA) is 108 Å². The first-order valence-corrected chi connectivity index (χ1v) is 14.8. The highest BCUT2D eigenvalue weighted by Crippen LogP contribution is 2.30. The number of rotatable bonds is 12. The Bertz CT molecular complexity index is 1100. The number of thioether (sulfide) groups is 1. The maximum absolute atomic E-state index is 14.1. The van der Waals surface area contributed by atoms with E-state index in [0.717, 1.165) is 12.0 Å². The third kappa shape index (κ3) is 9.97. The number of anilines is 1. The maximum Gasteiger partial charge on any atom is 0.408 e. The van der Waals surface area contributed by atoms with E-state index >= 15 is 0 Å². The lowest BCUT2D eigenvalue weighted by Crippen LogP contribution is -2.52. The molecule has 214 valence electrons. The van der Waals surface area contributed by atoms with Gasteiger partial charge in [0.15, 0.2) is 0 Å². The van der Waals surface area contributed by atoms with Gasteiger partial charge in [0.05, 0.1) is 10.7 Å². The Morgan fingerprint density at radius 3 is 2.36 bits per heavy atom. The Morgan fingerprint density at radius 1 is 1.13 bits per heavy atom. The third-order valence-electron chi connectivity index (χ3n) is 5.87. The van der Waals surface area contributed by atoms with E-state index < -0.39 is 35.6 Å². The van der Waals surface area contributed by atoms with E-state index in [1.54, 1.807) is 56.8 Å². The molecule has 8 nitrogen and oxygen atoms in total. The highest BCUT2D eigenvalue weighted by Gasteiger charge is 2.36. The Balaban J connectivity index is 2.53. The van der Waals surface area contributed by atoms with Crippen molar-refractivity contribution in [1.82, 2.24) is 10.2 Å². The van der Waals surface area contributed by atoms with Crippen LogP contribution in [0.4, 0.5) is 10.5 Å². The van der Waals surface area contributed by atoms with Crippen molar-refractivity contribution in [3.8, 4) is 5.75 Å². The molecule has 0 fully saturated rings. The molecule has 0 saturated carbocycles. The number of carbonyl (C=O) groups is 3. The highest BCUT2D eigenvalue weighted by molar-refractivity contribution is 7.98. The predicted molar refractivity (Wildman–Crippen MR) is 158 cm³/mol. The molecule has 0 aliphatic carbocycles. The van der Waals surface area contributed by atoms with Gasteiger partial charge >= 0.3 is 6.09 Å². The van der Waals surface area contributed by atoms with Gasteiger partial charge < -0.3 is 25.4 Å². The first-order valence-electron chi connectivity index (χ1n) is 13.0. The fourth-order valence-electron chi connectivity index (χ4n) is 3.95. The molecule has 0 aliphatic heterocycles. The average molecular weight is 578 g/mol. The number of hydrogen-bond acceptors (Lipinski definition) is 6. The average Bonchev–Trinajstić information content (AvgIpc) is 2.86. The number of phenolic OH excluding ortho intramolecular Hbond substituents is 1. The molecule has 0 heterocycles. The summed E-state index contributed by atoms with van der Waals surface area (Å²) < 4.78 is 5.42. The predicted octanol–water partition coefficient (Wildman–Crippen LogP) is 6.31. The van der Waals surface area contributed by atoms with Gasteiger partial charge in [-0.25, -0.2) is 4.79 Å². The second-order valence-corrected chi connectivity index (χ2v) is 11.7. The van der Waals surface area contributed by atoms with Crippen LogP contribution in [0.2, 0.25) is 5.02 Å². The Labute approximate surface area is 240 Å². The number of aryl methyl sites for hydroxylation is 1. The highest BCUT2D eigenvalue weighted by atomic mass is 35.5. The van der Waals surface area contributed by atoms with Crippen LogP contribution in [-0.4, -0.2) is 58.1 Å². The molecule has 10 heteroatoms. The molecule has 2 atom stereocenters. The van der Waals surface area contributed by atoms with E-state index in [1.807, 2.05) is 26.2 Å². The standard InChI is InChI=1S/C29H40ClN3O5S/c1-7-8-17-33(27(36)23(16-18-39-6)31-28(37)38-29(3,4)5)25(20-12-14-21(34)15-13-20)26(35)32-24-19(2)10-9-11-22(24)30/h9-15,23,25,34H,7-8,16-18H2,1-6H3,(H,31,37)(H,32,35). The van der Waals surface area contributed by atoms with Crippen LogP contribution in [0, 0.1) is 6.92 Å². The van der Waals surface area contributed by atoms with Crippen LogP contribution < -0.4 is 10.6 Å². The number of alkyl carbamates (subject to hydrolysis) is 1. The van der Waals surface area contributed by atoms with Gasteiger partial charge in [0.1, 0.15) is 23.4 Å². The molecule has 2 aromatic rings. The Kier molecular flexibility index (Phi) is 12.4. The van der Waals surface area contributed by atoms with E-state index in [1.165, 1.54) is 17.0 Å². The number of ether oxygens (including phenoxy) is 1. The zero-order chi connectivity index (χ0) is 29.2. The number of nitrogens with zero attached hydrogens (tertiary/aromatic N) is 1. The lowest BCUT2D eigenvalue weighted by atomic mass is 10.0. The van der Waals surface area contributed by atoms with Crippen LogP contribution in [0.25, 0.3) is 0 Å². The van der Waals surface area contributed by atoms with Crippen molar-refractivity contribution in [2.75, 3.05) is 23.9 Å². The summed E-state index contributed by atoms with van der Waals surface area (Å²) in [5.74, 6) is -0.201. The molecule has 2 unspecified atom stereocenters. The van der Waals surface area contributed by atoms with Gasteiger partial charge in [-0.2, -0.15) is 11.8 Å². The summed E-state index contributed by atoms with van der Waals surface area (Å²) in [4.78, 5) is 42.2. The molecule has 2 aromatic carbocycles. The molecular formula is C29H40ClN3O5S. The van der Waals surface area contributed by atoms with E-state index in [0.29, 0.717) is 34.9 Å². The van der Waals surface area contributed by atoms with Crippen molar-refractivity contribution in [3.05, 3.63) is 58.6 Å². The molecule has 0 spiro atoms. The van der Waals surface area contributed by atoms with E-state index in [9.17, 15) is 19.5 Å². The fraction of sp³-hybridized carbons (Fsp3) is 0.483. The molecule has 0 radical (unpaired) electrons. The van der Waals surface area contributed by atoms with Crippen molar-refractivity contribution in [1.29, 1.82) is 0 Å². The third-order valence-corrected chi connectivity index (χ3v) is 6.83. The van der Waals surface area contributed by atoms with Crippen molar-refractivity contribution in [2.24, 2.45) is 0 Å². The first kappa shape index (κ1) is 32.3. The minimum atomic E-state index is -1.04. The molecular weight excluding hydrogens is 538 g/mol. The fourth-order valence-corrected chi connectivity index (χ4v) is 4.69. The van der Waals surface area contributed by atoms with Gasteiger partial charge in [-0.15, -0.1) is 0 Å². The molecule has 3 N–H and O–H groups in total. The van der Waals surface area contributed by atoms with Gasteiger partial charge in [0.2, 0.25) is 5.91 Å².